The van der Waals surface area contributed by atoms with Gasteiger partial charge in [-0.15, -0.1) is 0 Å². The Morgan fingerprint density at radius 1 is 0.938 bits per heavy atom. The summed E-state index contributed by atoms with van der Waals surface area (Å²) in [5, 5.41) is 7.45. The first-order valence-corrected chi connectivity index (χ1v) is 4.07. The molecule has 1 aromatic carbocycles. The second-order valence-electron chi connectivity index (χ2n) is 2.98. The van der Waals surface area contributed by atoms with Gasteiger partial charge in [-0.1, -0.05) is 0 Å². The van der Waals surface area contributed by atoms with Crippen molar-refractivity contribution in [2.45, 2.75) is 0 Å². The molecule has 0 aliphatic carbocycles. The van der Waals surface area contributed by atoms with Crippen LogP contribution in [0.5, 0.6) is 0 Å². The van der Waals surface area contributed by atoms with Crippen LogP contribution in [0.3, 0.4) is 0 Å². The fraction of sp³-hybridized carbons (Fsp3) is 0. The summed E-state index contributed by atoms with van der Waals surface area (Å²) < 4.78 is 52.3. The van der Waals surface area contributed by atoms with E-state index in [4.69, 9.17) is 5.26 Å². The zero-order valence-electron chi connectivity index (χ0n) is 7.56. The number of nitrogens with zero attached hydrogens (tertiary/aromatic N) is 2. The van der Waals surface area contributed by atoms with Crippen molar-refractivity contribution in [2.24, 2.45) is 0 Å². The maximum atomic E-state index is 13.3. The molecular formula is C10H2F4N2. The largest absolute Gasteiger partial charge is 0.263 e. The van der Waals surface area contributed by atoms with Crippen LogP contribution in [0.15, 0.2) is 12.4 Å². The molecule has 0 saturated carbocycles. The fourth-order valence-electron chi connectivity index (χ4n) is 1.37. The van der Waals surface area contributed by atoms with Crippen LogP contribution in [0.1, 0.15) is 5.56 Å². The number of hydrogen-bond donors (Lipinski definition) is 0. The Balaban J connectivity index is 3.10. The molecule has 0 amide bonds. The molecule has 80 valence electrons. The van der Waals surface area contributed by atoms with E-state index in [-0.39, 0.29) is 5.56 Å². The quantitative estimate of drug-likeness (QED) is 0.393. The van der Waals surface area contributed by atoms with Crippen molar-refractivity contribution in [3.8, 4) is 6.07 Å². The van der Waals surface area contributed by atoms with E-state index in [0.29, 0.717) is 0 Å². The Bertz CT molecular complexity index is 631. The second-order valence-corrected chi connectivity index (χ2v) is 2.98. The molecule has 16 heavy (non-hydrogen) atoms. The Kier molecular flexibility index (Phi) is 2.23. The minimum Gasteiger partial charge on any atom is -0.263 e. The second kappa shape index (κ2) is 3.45. The van der Waals surface area contributed by atoms with Crippen molar-refractivity contribution in [2.75, 3.05) is 0 Å². The van der Waals surface area contributed by atoms with Gasteiger partial charge in [-0.2, -0.15) is 5.26 Å². The first-order chi connectivity index (χ1) is 7.57. The zero-order valence-corrected chi connectivity index (χ0v) is 7.56. The zero-order chi connectivity index (χ0) is 11.9. The van der Waals surface area contributed by atoms with Crippen LogP contribution in [0.4, 0.5) is 17.6 Å². The highest BCUT2D eigenvalue weighted by atomic mass is 19.2. The van der Waals surface area contributed by atoms with Crippen molar-refractivity contribution in [3.63, 3.8) is 0 Å². The number of fused-ring (bicyclic) bond motifs is 1. The van der Waals surface area contributed by atoms with Gasteiger partial charge >= 0.3 is 0 Å². The van der Waals surface area contributed by atoms with Gasteiger partial charge in [0.2, 0.25) is 0 Å². The van der Waals surface area contributed by atoms with Crippen LogP contribution >= 0.6 is 0 Å². The van der Waals surface area contributed by atoms with Gasteiger partial charge in [0.15, 0.2) is 23.3 Å². The predicted molar refractivity (Wildman–Crippen MR) is 46.3 cm³/mol. The number of aromatic nitrogens is 1. The lowest BCUT2D eigenvalue weighted by atomic mass is 10.1. The Labute approximate surface area is 86.8 Å². The van der Waals surface area contributed by atoms with Gasteiger partial charge < -0.3 is 0 Å². The summed E-state index contributed by atoms with van der Waals surface area (Å²) in [4.78, 5) is 3.44. The van der Waals surface area contributed by atoms with Crippen molar-refractivity contribution in [1.29, 1.82) is 5.26 Å². The third kappa shape index (κ3) is 1.21. The average molecular weight is 226 g/mol. The summed E-state index contributed by atoms with van der Waals surface area (Å²) in [6.45, 7) is 0. The minimum absolute atomic E-state index is 0.354. The molecule has 0 aliphatic rings. The normalized spacial score (nSPS) is 10.4. The Morgan fingerprint density at radius 2 is 1.56 bits per heavy atom. The molecule has 0 atom stereocenters. The highest BCUT2D eigenvalue weighted by Crippen LogP contribution is 2.28. The summed E-state index contributed by atoms with van der Waals surface area (Å²) in [5.41, 5.74) is -0.354. The van der Waals surface area contributed by atoms with Gasteiger partial charge in [-0.05, 0) is 0 Å². The highest BCUT2D eigenvalue weighted by molar-refractivity contribution is 5.88. The number of benzene rings is 1. The van der Waals surface area contributed by atoms with E-state index in [2.05, 4.69) is 4.98 Å². The molecule has 0 N–H and O–H groups in total. The predicted octanol–water partition coefficient (Wildman–Crippen LogP) is 2.66. The van der Waals surface area contributed by atoms with E-state index in [1.54, 1.807) is 0 Å². The van der Waals surface area contributed by atoms with E-state index >= 15 is 0 Å². The van der Waals surface area contributed by atoms with Crippen molar-refractivity contribution in [1.82, 2.24) is 4.98 Å². The van der Waals surface area contributed by atoms with E-state index in [9.17, 15) is 17.6 Å². The topological polar surface area (TPSA) is 36.7 Å². The van der Waals surface area contributed by atoms with Gasteiger partial charge in [0.05, 0.1) is 5.56 Å². The Hall–Kier alpha value is -2.16. The molecule has 0 spiro atoms. The molecule has 0 fully saturated rings. The molecule has 0 aliphatic heterocycles. The summed E-state index contributed by atoms with van der Waals surface area (Å²) in [5.74, 6) is -7.00. The molecule has 1 heterocycles. The molecule has 0 radical (unpaired) electrons. The number of halogens is 4. The van der Waals surface area contributed by atoms with Crippen LogP contribution < -0.4 is 0 Å². The van der Waals surface area contributed by atoms with Gasteiger partial charge in [0, 0.05) is 23.2 Å². The molecule has 0 saturated heterocycles. The first-order valence-electron chi connectivity index (χ1n) is 4.07. The number of pyridine rings is 1. The third-order valence-electron chi connectivity index (χ3n) is 2.10. The molecular weight excluding hydrogens is 224 g/mol. The lowest BCUT2D eigenvalue weighted by Gasteiger charge is -2.04. The lowest BCUT2D eigenvalue weighted by Crippen LogP contribution is -2.00. The maximum Gasteiger partial charge on any atom is 0.198 e. The SMILES string of the molecule is N#Cc1cncc2c(F)c(F)c(F)c(F)c12. The number of hydrogen-bond acceptors (Lipinski definition) is 2. The standard InChI is InChI=1S/C10H2F4N2/c11-7-5-3-16-2-4(1-15)6(5)8(12)10(14)9(7)13/h2-3H. The van der Waals surface area contributed by atoms with E-state index < -0.39 is 34.0 Å². The van der Waals surface area contributed by atoms with E-state index in [1.165, 1.54) is 6.07 Å². The number of nitriles is 1. The van der Waals surface area contributed by atoms with Gasteiger partial charge in [0.25, 0.3) is 0 Å². The Morgan fingerprint density at radius 3 is 2.19 bits per heavy atom. The summed E-state index contributed by atoms with van der Waals surface area (Å²) >= 11 is 0. The van der Waals surface area contributed by atoms with Crippen LogP contribution in [0.2, 0.25) is 0 Å². The molecule has 0 bridgehead atoms. The van der Waals surface area contributed by atoms with Crippen LogP contribution in [-0.4, -0.2) is 4.98 Å². The lowest BCUT2D eigenvalue weighted by molar-refractivity contribution is 0.418. The minimum atomic E-state index is -1.94. The van der Waals surface area contributed by atoms with Crippen molar-refractivity contribution in [3.05, 3.63) is 41.2 Å². The molecule has 6 heteroatoms. The first kappa shape index (κ1) is 10.4. The van der Waals surface area contributed by atoms with Crippen molar-refractivity contribution < 1.29 is 17.6 Å². The average Bonchev–Trinajstić information content (AvgIpc) is 2.32. The van der Waals surface area contributed by atoms with E-state index in [1.807, 2.05) is 0 Å². The molecule has 1 aromatic heterocycles. The van der Waals surface area contributed by atoms with Gasteiger partial charge in [-0.25, -0.2) is 17.6 Å². The van der Waals surface area contributed by atoms with Gasteiger partial charge in [0.1, 0.15) is 6.07 Å². The van der Waals surface area contributed by atoms with Crippen LogP contribution in [0.25, 0.3) is 10.8 Å². The summed E-state index contributed by atoms with van der Waals surface area (Å²) in [6.07, 6.45) is 1.78. The monoisotopic (exact) mass is 226 g/mol. The van der Waals surface area contributed by atoms with Crippen LogP contribution in [0, 0.1) is 34.6 Å². The fourth-order valence-corrected chi connectivity index (χ4v) is 1.37. The van der Waals surface area contributed by atoms with Crippen LogP contribution in [-0.2, 0) is 0 Å². The summed E-state index contributed by atoms with van der Waals surface area (Å²) in [7, 11) is 0. The highest BCUT2D eigenvalue weighted by Gasteiger charge is 2.22. The molecule has 2 rings (SSSR count). The molecule has 2 aromatic rings. The smallest absolute Gasteiger partial charge is 0.198 e. The van der Waals surface area contributed by atoms with Crippen molar-refractivity contribution >= 4 is 10.8 Å². The molecule has 2 nitrogen and oxygen atoms in total. The van der Waals surface area contributed by atoms with E-state index in [0.717, 1.165) is 12.4 Å². The third-order valence-corrected chi connectivity index (χ3v) is 2.10. The molecule has 0 unspecified atom stereocenters. The maximum absolute atomic E-state index is 13.3. The summed E-state index contributed by atoms with van der Waals surface area (Å²) in [6, 6.07) is 1.53. The number of rotatable bonds is 0. The van der Waals surface area contributed by atoms with Gasteiger partial charge in [-0.3, -0.25) is 4.98 Å².